The Hall–Kier alpha value is -3.84. The van der Waals surface area contributed by atoms with Gasteiger partial charge in [0.1, 0.15) is 51.5 Å². The largest absolute Gasteiger partial charge is 0.514 e. The number of piperazine rings is 2. The molecule has 2 fully saturated rings. The van der Waals surface area contributed by atoms with Gasteiger partial charge in [-0.05, 0) is 74.1 Å². The molecular weight excluding hydrogens is 657 g/mol. The summed E-state index contributed by atoms with van der Waals surface area (Å²) >= 11 is 7.04. The third kappa shape index (κ3) is 7.82. The van der Waals surface area contributed by atoms with Gasteiger partial charge in [-0.2, -0.15) is 0 Å². The fraction of sp³-hybridized carbons (Fsp3) is 0.600. The smallest absolute Gasteiger partial charge is 0.489 e. The molecule has 0 bridgehead atoms. The molecule has 0 saturated carbocycles. The van der Waals surface area contributed by atoms with Crippen molar-refractivity contribution in [2.45, 2.75) is 85.1 Å². The number of amides is 2. The number of halogens is 2. The lowest BCUT2D eigenvalue weighted by Gasteiger charge is -2.47. The summed E-state index contributed by atoms with van der Waals surface area (Å²) in [5.41, 5.74) is -1.90. The molecule has 268 valence electrons. The average Bonchev–Trinajstić information content (AvgIpc) is 3.12. The Labute approximate surface area is 292 Å². The van der Waals surface area contributed by atoms with Crippen molar-refractivity contribution in [3.8, 4) is 22.8 Å². The number of carbonyl (C=O) groups is 3. The monoisotopic (exact) mass is 703 g/mol. The van der Waals surface area contributed by atoms with Crippen molar-refractivity contribution < 1.29 is 37.7 Å². The van der Waals surface area contributed by atoms with Crippen molar-refractivity contribution in [2.75, 3.05) is 57.3 Å². The van der Waals surface area contributed by atoms with E-state index < -0.39 is 35.3 Å². The number of aromatic nitrogens is 1. The van der Waals surface area contributed by atoms with Crippen LogP contribution in [0.2, 0.25) is 5.02 Å². The number of rotatable bonds is 4. The van der Waals surface area contributed by atoms with E-state index in [9.17, 15) is 14.4 Å². The second-order valence-electron chi connectivity index (χ2n) is 15.2. The number of benzene rings is 1. The molecule has 1 aromatic heterocycles. The van der Waals surface area contributed by atoms with E-state index in [1.165, 1.54) is 18.2 Å². The zero-order chi connectivity index (χ0) is 36.1. The highest BCUT2D eigenvalue weighted by atomic mass is 35.5. The number of pyridine rings is 1. The Morgan fingerprint density at radius 1 is 1.04 bits per heavy atom. The van der Waals surface area contributed by atoms with E-state index in [4.69, 9.17) is 35.5 Å². The summed E-state index contributed by atoms with van der Waals surface area (Å²) < 4.78 is 38.6. The van der Waals surface area contributed by atoms with Gasteiger partial charge in [-0.3, -0.25) is 9.69 Å². The number of carbonyl (C=O) groups excluding carboxylic acids is 3. The molecule has 12 nitrogen and oxygen atoms in total. The number of hydrogen-bond donors (Lipinski definition) is 0. The zero-order valence-electron chi connectivity index (χ0n) is 29.8. The fourth-order valence-electron chi connectivity index (χ4n) is 6.47. The Balaban J connectivity index is 1.62. The molecule has 0 aliphatic carbocycles. The van der Waals surface area contributed by atoms with Gasteiger partial charge in [0, 0.05) is 44.8 Å². The molecule has 2 aromatic rings. The lowest BCUT2D eigenvalue weighted by atomic mass is 9.98. The first kappa shape index (κ1) is 36.4. The molecule has 1 aromatic carbocycles. The third-order valence-corrected chi connectivity index (χ3v) is 9.01. The van der Waals surface area contributed by atoms with E-state index in [1.807, 2.05) is 4.90 Å². The van der Waals surface area contributed by atoms with Gasteiger partial charge < -0.3 is 33.6 Å². The molecule has 2 saturated heterocycles. The Bertz CT molecular complexity index is 1620. The summed E-state index contributed by atoms with van der Waals surface area (Å²) in [6.45, 7) is 20.0. The van der Waals surface area contributed by atoms with Gasteiger partial charge in [0.05, 0.1) is 11.6 Å². The Morgan fingerprint density at radius 3 is 2.37 bits per heavy atom. The van der Waals surface area contributed by atoms with Crippen LogP contribution in [0.1, 0.15) is 72.7 Å². The van der Waals surface area contributed by atoms with Crippen LogP contribution in [0.4, 0.5) is 19.8 Å². The maximum absolute atomic E-state index is 15.8. The van der Waals surface area contributed by atoms with Crippen LogP contribution >= 0.6 is 11.6 Å². The van der Waals surface area contributed by atoms with Crippen LogP contribution in [0.5, 0.6) is 11.5 Å². The van der Waals surface area contributed by atoms with Gasteiger partial charge in [-0.25, -0.2) is 19.0 Å². The van der Waals surface area contributed by atoms with Gasteiger partial charge in [-0.15, -0.1) is 0 Å². The van der Waals surface area contributed by atoms with Crippen LogP contribution in [0.3, 0.4) is 0 Å². The predicted molar refractivity (Wildman–Crippen MR) is 183 cm³/mol. The number of likely N-dealkylation sites (N-methyl/N-ethyl adjacent to an activating group) is 1. The average molecular weight is 704 g/mol. The lowest BCUT2D eigenvalue weighted by molar-refractivity contribution is 0.000934. The minimum absolute atomic E-state index is 0.00823. The van der Waals surface area contributed by atoms with E-state index in [0.29, 0.717) is 19.6 Å². The molecule has 4 heterocycles. The molecule has 14 heteroatoms. The highest BCUT2D eigenvalue weighted by molar-refractivity contribution is 6.35. The predicted octanol–water partition coefficient (Wildman–Crippen LogP) is 6.23. The first-order valence-corrected chi connectivity index (χ1v) is 17.0. The van der Waals surface area contributed by atoms with Gasteiger partial charge in [0.2, 0.25) is 0 Å². The fourth-order valence-corrected chi connectivity index (χ4v) is 6.76. The van der Waals surface area contributed by atoms with Crippen LogP contribution in [-0.4, -0.2) is 113 Å². The van der Waals surface area contributed by atoms with E-state index in [-0.39, 0.29) is 76.8 Å². The van der Waals surface area contributed by atoms with E-state index in [1.54, 1.807) is 51.3 Å². The topological polar surface area (TPSA) is 114 Å². The van der Waals surface area contributed by atoms with Crippen LogP contribution in [-0.2, 0) is 9.47 Å². The van der Waals surface area contributed by atoms with Crippen molar-refractivity contribution in [3.63, 3.8) is 0 Å². The minimum atomic E-state index is -1.03. The van der Waals surface area contributed by atoms with E-state index in [2.05, 4.69) is 25.7 Å². The molecule has 3 aliphatic rings. The summed E-state index contributed by atoms with van der Waals surface area (Å²) in [4.78, 5) is 52.7. The minimum Gasteiger partial charge on any atom is -0.489 e. The summed E-state index contributed by atoms with van der Waals surface area (Å²) in [5.74, 6) is -0.928. The first-order valence-electron chi connectivity index (χ1n) is 16.6. The van der Waals surface area contributed by atoms with Gasteiger partial charge in [-0.1, -0.05) is 24.6 Å². The SMILES string of the molecule is CCN1CCN(c2nc(-c3c(F)cccc3OC(=O)OC(C)(C)C)c(Cl)c3c2C(=O)N2CCN(C(=O)OC(C)(C)C)CC2CO3)CC1(C)C. The molecule has 49 heavy (non-hydrogen) atoms. The van der Waals surface area contributed by atoms with Crippen LogP contribution in [0.25, 0.3) is 11.3 Å². The van der Waals surface area contributed by atoms with Crippen LogP contribution in [0.15, 0.2) is 18.2 Å². The summed E-state index contributed by atoms with van der Waals surface area (Å²) in [6.07, 6.45) is -1.50. The highest BCUT2D eigenvalue weighted by Gasteiger charge is 2.43. The molecular formula is C35H47ClFN5O7. The molecule has 0 spiro atoms. The standard InChI is InChI=1S/C35H47ClFN5O7/c1-10-41-16-14-40(20-35(41,8)9)29-25-28(46-19-21-18-39(15-17-42(21)30(25)43)31(44)48-33(2,3)4)26(36)27(38-29)24-22(37)12-11-13-23(24)47-32(45)49-34(5,6)7/h11-13,21H,10,14-20H2,1-9H3. The normalized spacial score (nSPS) is 19.8. The first-order chi connectivity index (χ1) is 22.8. The van der Waals surface area contributed by atoms with E-state index in [0.717, 1.165) is 6.54 Å². The highest BCUT2D eigenvalue weighted by Crippen LogP contribution is 2.47. The molecule has 0 N–H and O–H groups in total. The second-order valence-corrected chi connectivity index (χ2v) is 15.6. The molecule has 0 radical (unpaired) electrons. The Morgan fingerprint density at radius 2 is 1.73 bits per heavy atom. The zero-order valence-corrected chi connectivity index (χ0v) is 30.6. The summed E-state index contributed by atoms with van der Waals surface area (Å²) in [5, 5.41) is -0.110. The van der Waals surface area contributed by atoms with Crippen molar-refractivity contribution in [3.05, 3.63) is 34.6 Å². The van der Waals surface area contributed by atoms with E-state index >= 15 is 4.39 Å². The van der Waals surface area contributed by atoms with Crippen LogP contribution in [0, 0.1) is 5.82 Å². The quantitative estimate of drug-likeness (QED) is 0.268. The number of nitrogens with zero attached hydrogens (tertiary/aromatic N) is 5. The number of fused-ring (bicyclic) bond motifs is 2. The van der Waals surface area contributed by atoms with Crippen molar-refractivity contribution >= 4 is 35.6 Å². The lowest BCUT2D eigenvalue weighted by Crippen LogP contribution is -2.60. The molecule has 5 rings (SSSR count). The van der Waals surface area contributed by atoms with Crippen LogP contribution < -0.4 is 14.4 Å². The number of hydrogen-bond acceptors (Lipinski definition) is 10. The number of ether oxygens (including phenoxy) is 4. The molecule has 3 aliphatic heterocycles. The van der Waals surface area contributed by atoms with Crippen molar-refractivity contribution in [1.82, 2.24) is 19.7 Å². The van der Waals surface area contributed by atoms with Gasteiger partial charge >= 0.3 is 12.2 Å². The number of anilines is 1. The second kappa shape index (κ2) is 13.5. The van der Waals surface area contributed by atoms with Crippen molar-refractivity contribution in [1.29, 1.82) is 0 Å². The van der Waals surface area contributed by atoms with Gasteiger partial charge in [0.15, 0.2) is 5.75 Å². The van der Waals surface area contributed by atoms with Crippen molar-refractivity contribution in [2.24, 2.45) is 0 Å². The third-order valence-electron chi connectivity index (χ3n) is 8.65. The van der Waals surface area contributed by atoms with Gasteiger partial charge in [0.25, 0.3) is 5.91 Å². The summed E-state index contributed by atoms with van der Waals surface area (Å²) in [6, 6.07) is 3.52. The maximum atomic E-state index is 15.8. The Kier molecular flexibility index (Phi) is 10.0. The summed E-state index contributed by atoms with van der Waals surface area (Å²) in [7, 11) is 0. The molecule has 1 atom stereocenters. The maximum Gasteiger partial charge on any atom is 0.514 e. The molecule has 2 amide bonds. The molecule has 1 unspecified atom stereocenters.